The molecule has 0 bridgehead atoms. The molecule has 4 rings (SSSR count). The minimum absolute atomic E-state index is 0.0321. The number of anilines is 2. The van der Waals surface area contributed by atoms with E-state index in [-0.39, 0.29) is 24.7 Å². The SMILES string of the molecule is Cc1cccc(CNC(=O)CCC(=O)N2CC3CCCN3c3ccccc32)c1. The predicted molar refractivity (Wildman–Crippen MR) is 111 cm³/mol. The number of rotatable bonds is 5. The third kappa shape index (κ3) is 3.88. The van der Waals surface area contributed by atoms with E-state index in [2.05, 4.69) is 22.3 Å². The van der Waals surface area contributed by atoms with E-state index >= 15 is 0 Å². The molecular weight excluding hydrogens is 350 g/mol. The number of hydrogen-bond acceptors (Lipinski definition) is 3. The quantitative estimate of drug-likeness (QED) is 0.869. The summed E-state index contributed by atoms with van der Waals surface area (Å²) in [6.07, 6.45) is 2.75. The van der Waals surface area contributed by atoms with E-state index in [4.69, 9.17) is 0 Å². The average molecular weight is 377 g/mol. The van der Waals surface area contributed by atoms with Gasteiger partial charge in [0.25, 0.3) is 0 Å². The maximum absolute atomic E-state index is 12.9. The first-order valence-electron chi connectivity index (χ1n) is 10.1. The second kappa shape index (κ2) is 8.05. The van der Waals surface area contributed by atoms with Gasteiger partial charge in [-0.25, -0.2) is 0 Å². The monoisotopic (exact) mass is 377 g/mol. The van der Waals surface area contributed by atoms with Crippen LogP contribution in [0.15, 0.2) is 48.5 Å². The molecule has 0 aromatic heterocycles. The van der Waals surface area contributed by atoms with Crippen LogP contribution in [0, 0.1) is 6.92 Å². The van der Waals surface area contributed by atoms with Crippen molar-refractivity contribution in [1.82, 2.24) is 5.32 Å². The zero-order valence-corrected chi connectivity index (χ0v) is 16.4. The molecule has 0 spiro atoms. The van der Waals surface area contributed by atoms with Crippen molar-refractivity contribution in [2.24, 2.45) is 0 Å². The molecule has 1 fully saturated rings. The number of carbonyl (C=O) groups excluding carboxylic acids is 2. The molecule has 2 aromatic carbocycles. The number of para-hydroxylation sites is 2. The van der Waals surface area contributed by atoms with Crippen LogP contribution in [-0.4, -0.2) is 30.9 Å². The molecule has 0 radical (unpaired) electrons. The maximum atomic E-state index is 12.9. The van der Waals surface area contributed by atoms with Gasteiger partial charge in [-0.1, -0.05) is 42.0 Å². The van der Waals surface area contributed by atoms with Crippen molar-refractivity contribution in [3.63, 3.8) is 0 Å². The number of amides is 2. The Balaban J connectivity index is 1.35. The summed E-state index contributed by atoms with van der Waals surface area (Å²) in [4.78, 5) is 29.4. The van der Waals surface area contributed by atoms with E-state index < -0.39 is 0 Å². The molecule has 5 nitrogen and oxygen atoms in total. The molecule has 2 amide bonds. The van der Waals surface area contributed by atoms with Crippen molar-refractivity contribution in [2.75, 3.05) is 22.9 Å². The molecule has 0 saturated carbocycles. The van der Waals surface area contributed by atoms with Crippen LogP contribution < -0.4 is 15.1 Å². The van der Waals surface area contributed by atoms with E-state index in [1.54, 1.807) is 0 Å². The molecule has 28 heavy (non-hydrogen) atoms. The topological polar surface area (TPSA) is 52.7 Å². The van der Waals surface area contributed by atoms with Gasteiger partial charge in [-0.15, -0.1) is 0 Å². The zero-order chi connectivity index (χ0) is 19.5. The summed E-state index contributed by atoms with van der Waals surface area (Å²) in [7, 11) is 0. The number of carbonyl (C=O) groups is 2. The van der Waals surface area contributed by atoms with Crippen LogP contribution in [0.5, 0.6) is 0 Å². The fourth-order valence-corrected chi connectivity index (χ4v) is 4.29. The van der Waals surface area contributed by atoms with Crippen molar-refractivity contribution in [1.29, 1.82) is 0 Å². The highest BCUT2D eigenvalue weighted by Crippen LogP contribution is 2.39. The Morgan fingerprint density at radius 3 is 2.71 bits per heavy atom. The summed E-state index contributed by atoms with van der Waals surface area (Å²) in [5.41, 5.74) is 4.37. The molecule has 1 atom stereocenters. The first kappa shape index (κ1) is 18.5. The van der Waals surface area contributed by atoms with Gasteiger partial charge in [0.2, 0.25) is 11.8 Å². The summed E-state index contributed by atoms with van der Waals surface area (Å²) >= 11 is 0. The van der Waals surface area contributed by atoms with Gasteiger partial charge < -0.3 is 15.1 Å². The van der Waals surface area contributed by atoms with E-state index in [1.165, 1.54) is 12.0 Å². The van der Waals surface area contributed by atoms with Crippen LogP contribution in [0.2, 0.25) is 0 Å². The molecular formula is C23H27N3O2. The Hall–Kier alpha value is -2.82. The standard InChI is InChI=1S/C23H27N3O2/c1-17-6-4-7-18(14-17)15-24-22(27)11-12-23(28)26-16-19-8-5-13-25(19)20-9-2-3-10-21(20)26/h2-4,6-7,9-10,14,19H,5,8,11-13,15-16H2,1H3,(H,24,27). The highest BCUT2D eigenvalue weighted by Gasteiger charge is 2.35. The van der Waals surface area contributed by atoms with Gasteiger partial charge in [0, 0.05) is 38.5 Å². The van der Waals surface area contributed by atoms with Gasteiger partial charge in [-0.3, -0.25) is 9.59 Å². The van der Waals surface area contributed by atoms with Gasteiger partial charge in [0.1, 0.15) is 0 Å². The van der Waals surface area contributed by atoms with Crippen LogP contribution >= 0.6 is 0 Å². The summed E-state index contributed by atoms with van der Waals surface area (Å²) < 4.78 is 0. The highest BCUT2D eigenvalue weighted by molar-refractivity contribution is 5.99. The lowest BCUT2D eigenvalue weighted by Gasteiger charge is -2.40. The van der Waals surface area contributed by atoms with E-state index in [1.807, 2.05) is 48.2 Å². The van der Waals surface area contributed by atoms with Crippen molar-refractivity contribution < 1.29 is 9.59 Å². The van der Waals surface area contributed by atoms with Crippen molar-refractivity contribution >= 4 is 23.2 Å². The van der Waals surface area contributed by atoms with Crippen LogP contribution in [0.1, 0.15) is 36.8 Å². The second-order valence-electron chi connectivity index (χ2n) is 7.75. The predicted octanol–water partition coefficient (Wildman–Crippen LogP) is 3.41. The minimum atomic E-state index is -0.0809. The van der Waals surface area contributed by atoms with Gasteiger partial charge in [-0.05, 0) is 37.5 Å². The maximum Gasteiger partial charge on any atom is 0.227 e. The molecule has 1 unspecified atom stereocenters. The molecule has 1 saturated heterocycles. The molecule has 2 aliphatic heterocycles. The fraction of sp³-hybridized carbons (Fsp3) is 0.391. The van der Waals surface area contributed by atoms with Gasteiger partial charge in [0.05, 0.1) is 11.4 Å². The lowest BCUT2D eigenvalue weighted by molar-refractivity contribution is -0.125. The first-order valence-corrected chi connectivity index (χ1v) is 10.1. The van der Waals surface area contributed by atoms with Crippen molar-refractivity contribution in [3.05, 3.63) is 59.7 Å². The van der Waals surface area contributed by atoms with Crippen LogP contribution in [0.25, 0.3) is 0 Å². The fourth-order valence-electron chi connectivity index (χ4n) is 4.29. The Labute approximate surface area is 166 Å². The number of hydrogen-bond donors (Lipinski definition) is 1. The van der Waals surface area contributed by atoms with Crippen LogP contribution in [-0.2, 0) is 16.1 Å². The smallest absolute Gasteiger partial charge is 0.227 e. The summed E-state index contributed by atoms with van der Waals surface area (Å²) in [6.45, 7) is 4.32. The number of nitrogens with zero attached hydrogens (tertiary/aromatic N) is 2. The first-order chi connectivity index (χ1) is 13.6. The molecule has 0 aliphatic carbocycles. The number of aryl methyl sites for hydroxylation is 1. The third-order valence-electron chi connectivity index (χ3n) is 5.69. The van der Waals surface area contributed by atoms with E-state index in [0.717, 1.165) is 36.4 Å². The lowest BCUT2D eigenvalue weighted by atomic mass is 10.1. The molecule has 2 heterocycles. The van der Waals surface area contributed by atoms with E-state index in [0.29, 0.717) is 12.6 Å². The molecule has 2 aliphatic rings. The Kier molecular flexibility index (Phi) is 5.33. The second-order valence-corrected chi connectivity index (χ2v) is 7.75. The van der Waals surface area contributed by atoms with Crippen molar-refractivity contribution in [3.8, 4) is 0 Å². The van der Waals surface area contributed by atoms with Crippen LogP contribution in [0.4, 0.5) is 11.4 Å². The minimum Gasteiger partial charge on any atom is -0.365 e. The molecule has 146 valence electrons. The summed E-state index contributed by atoms with van der Waals surface area (Å²) in [6, 6.07) is 16.6. The van der Waals surface area contributed by atoms with E-state index in [9.17, 15) is 9.59 Å². The number of benzene rings is 2. The molecule has 5 heteroatoms. The van der Waals surface area contributed by atoms with Crippen molar-refractivity contribution in [2.45, 2.75) is 45.2 Å². The Morgan fingerprint density at radius 2 is 1.89 bits per heavy atom. The lowest BCUT2D eigenvalue weighted by Crippen LogP contribution is -2.48. The largest absolute Gasteiger partial charge is 0.365 e. The van der Waals surface area contributed by atoms with Gasteiger partial charge in [0.15, 0.2) is 0 Å². The Bertz CT molecular complexity index is 880. The number of fused-ring (bicyclic) bond motifs is 3. The zero-order valence-electron chi connectivity index (χ0n) is 16.4. The average Bonchev–Trinajstić information content (AvgIpc) is 3.19. The summed E-state index contributed by atoms with van der Waals surface area (Å²) in [5, 5.41) is 2.92. The van der Waals surface area contributed by atoms with Gasteiger partial charge >= 0.3 is 0 Å². The van der Waals surface area contributed by atoms with Crippen LogP contribution in [0.3, 0.4) is 0 Å². The molecule has 2 aromatic rings. The summed E-state index contributed by atoms with van der Waals surface area (Å²) in [5.74, 6) is -0.0488. The normalized spacial score (nSPS) is 17.8. The molecule has 1 N–H and O–H groups in total. The number of nitrogens with one attached hydrogen (secondary N) is 1. The van der Waals surface area contributed by atoms with Gasteiger partial charge in [-0.2, -0.15) is 0 Å². The Morgan fingerprint density at radius 1 is 1.07 bits per heavy atom. The highest BCUT2D eigenvalue weighted by atomic mass is 16.2. The third-order valence-corrected chi connectivity index (χ3v) is 5.69.